The van der Waals surface area contributed by atoms with Gasteiger partial charge in [0.2, 0.25) is 0 Å². The number of benzene rings is 2. The SMILES string of the molecule is Brc1ccc2oc3cccnc3c2c1.CC(C)(O)C(C)(C)O.CC1(C)OB(c2ccc3oc4cccnc4c3c2)OC1(C)C.[B]B1OC(C)(C)C(C)(C)O1. The summed E-state index contributed by atoms with van der Waals surface area (Å²) < 4.78 is 35.3. The highest BCUT2D eigenvalue weighted by Gasteiger charge is 2.52. The molecule has 284 valence electrons. The molecule has 2 aliphatic heterocycles. The molecule has 2 radical (unpaired) electrons. The highest BCUT2D eigenvalue weighted by atomic mass is 79.9. The highest BCUT2D eigenvalue weighted by molar-refractivity contribution is 9.10. The van der Waals surface area contributed by atoms with E-state index in [0.717, 1.165) is 54.1 Å². The van der Waals surface area contributed by atoms with E-state index in [1.807, 2.05) is 82.3 Å². The highest BCUT2D eigenvalue weighted by Crippen LogP contribution is 2.38. The third-order valence-corrected chi connectivity index (χ3v) is 11.2. The lowest BCUT2D eigenvalue weighted by molar-refractivity contribution is -0.107. The predicted molar refractivity (Wildman–Crippen MR) is 221 cm³/mol. The minimum Gasteiger partial charge on any atom is -0.454 e. The number of halogens is 1. The summed E-state index contributed by atoms with van der Waals surface area (Å²) in [5.41, 5.74) is 2.84. The van der Waals surface area contributed by atoms with Gasteiger partial charge in [0.25, 0.3) is 0 Å². The van der Waals surface area contributed by atoms with E-state index >= 15 is 0 Å². The zero-order valence-electron chi connectivity index (χ0n) is 33.3. The average molecular weight is 799 g/mol. The first-order valence-corrected chi connectivity index (χ1v) is 18.7. The maximum atomic E-state index is 9.10. The number of hydrogen-bond donors (Lipinski definition) is 2. The molecule has 0 amide bonds. The van der Waals surface area contributed by atoms with Gasteiger partial charge < -0.3 is 37.7 Å². The molecule has 10 nitrogen and oxygen atoms in total. The smallest absolute Gasteiger partial charge is 0.454 e. The Labute approximate surface area is 328 Å². The molecular formula is C40H50B3BrN2O8. The minimum absolute atomic E-state index is 0.285. The molecule has 2 N–H and O–H groups in total. The van der Waals surface area contributed by atoms with Crippen LogP contribution in [0.4, 0.5) is 0 Å². The molecule has 0 bridgehead atoms. The molecule has 2 fully saturated rings. The summed E-state index contributed by atoms with van der Waals surface area (Å²) in [4.78, 5) is 8.71. The van der Waals surface area contributed by atoms with Crippen LogP contribution >= 0.6 is 15.9 Å². The first-order chi connectivity index (χ1) is 24.8. The van der Waals surface area contributed by atoms with Crippen molar-refractivity contribution in [1.29, 1.82) is 0 Å². The van der Waals surface area contributed by atoms with Crippen LogP contribution in [0.3, 0.4) is 0 Å². The van der Waals surface area contributed by atoms with Crippen LogP contribution in [-0.2, 0) is 18.6 Å². The Morgan fingerprint density at radius 2 is 1.00 bits per heavy atom. The number of fused-ring (bicyclic) bond motifs is 6. The second-order valence-corrected chi connectivity index (χ2v) is 17.5. The van der Waals surface area contributed by atoms with Crippen LogP contribution < -0.4 is 5.46 Å². The normalized spacial score (nSPS) is 18.6. The standard InChI is InChI=1S/C17H18BNO3.C11H6BrNO.C6H12B2O2.C6H14O2/c1-16(2)17(3,4)22-18(21-16)11-7-8-13-12(10-11)15-14(20-13)6-5-9-19-15;12-7-3-4-9-8(6-7)11-10(14-9)2-1-5-13-11;1-5(2)6(3,4)10-8(7)9-5;1-5(2,7)6(3,4)8/h5-10H,1-4H3;1-6H;1-4H3;7-8H,1-4H3. The van der Waals surface area contributed by atoms with Crippen LogP contribution in [0.1, 0.15) is 83.1 Å². The first kappa shape index (κ1) is 41.9. The van der Waals surface area contributed by atoms with Crippen LogP contribution in [0.25, 0.3) is 44.1 Å². The van der Waals surface area contributed by atoms with Crippen molar-refractivity contribution in [3.63, 3.8) is 0 Å². The molecule has 0 saturated carbocycles. The van der Waals surface area contributed by atoms with Crippen LogP contribution in [0, 0.1) is 0 Å². The fourth-order valence-electron chi connectivity index (χ4n) is 5.20. The van der Waals surface area contributed by atoms with Gasteiger partial charge >= 0.3 is 14.1 Å². The Balaban J connectivity index is 0.000000151. The fraction of sp³-hybridized carbons (Fsp3) is 0.450. The van der Waals surface area contributed by atoms with Gasteiger partial charge in [0.15, 0.2) is 11.2 Å². The van der Waals surface area contributed by atoms with Gasteiger partial charge in [-0.05, 0) is 143 Å². The Kier molecular flexibility index (Phi) is 11.7. The van der Waals surface area contributed by atoms with E-state index in [4.69, 9.17) is 45.4 Å². The molecule has 0 atom stereocenters. The van der Waals surface area contributed by atoms with Crippen molar-refractivity contribution in [3.8, 4) is 0 Å². The largest absolute Gasteiger partial charge is 0.494 e. The third-order valence-electron chi connectivity index (χ3n) is 10.7. The summed E-state index contributed by atoms with van der Waals surface area (Å²) in [6.45, 7) is 22.4. The molecule has 6 heterocycles. The molecule has 0 aliphatic carbocycles. The van der Waals surface area contributed by atoms with E-state index in [9.17, 15) is 0 Å². The Morgan fingerprint density at radius 1 is 0.593 bits per heavy atom. The van der Waals surface area contributed by atoms with Crippen LogP contribution in [0.15, 0.2) is 86.4 Å². The number of hydrogen-bond acceptors (Lipinski definition) is 10. The Hall–Kier alpha value is -3.23. The topological polar surface area (TPSA) is 129 Å². The van der Waals surface area contributed by atoms with Crippen molar-refractivity contribution in [2.24, 2.45) is 0 Å². The minimum atomic E-state index is -1.01. The van der Waals surface area contributed by atoms with E-state index in [2.05, 4.69) is 59.7 Å². The molecule has 4 aromatic heterocycles. The quantitative estimate of drug-likeness (QED) is 0.165. The third kappa shape index (κ3) is 8.91. The summed E-state index contributed by atoms with van der Waals surface area (Å²) in [7, 11) is 4.50. The Morgan fingerprint density at radius 3 is 1.41 bits per heavy atom. The van der Waals surface area contributed by atoms with Crippen LogP contribution in [-0.4, -0.2) is 75.7 Å². The number of nitrogens with zero attached hydrogens (tertiary/aromatic N) is 2. The van der Waals surface area contributed by atoms with E-state index in [-0.39, 0.29) is 29.5 Å². The van der Waals surface area contributed by atoms with E-state index in [1.54, 1.807) is 40.1 Å². The monoisotopic (exact) mass is 798 g/mol. The van der Waals surface area contributed by atoms with Gasteiger partial charge in [0, 0.05) is 27.6 Å². The summed E-state index contributed by atoms with van der Waals surface area (Å²) in [5, 5.41) is 20.2. The summed E-state index contributed by atoms with van der Waals surface area (Å²) in [6.07, 6.45) is 3.55. The van der Waals surface area contributed by atoms with E-state index in [1.165, 1.54) is 0 Å². The van der Waals surface area contributed by atoms with Gasteiger partial charge in [-0.25, -0.2) is 0 Å². The first-order valence-electron chi connectivity index (χ1n) is 17.9. The van der Waals surface area contributed by atoms with Crippen molar-refractivity contribution in [2.75, 3.05) is 0 Å². The van der Waals surface area contributed by atoms with Gasteiger partial charge in [-0.3, -0.25) is 9.97 Å². The van der Waals surface area contributed by atoms with Crippen LogP contribution in [0.5, 0.6) is 0 Å². The molecule has 8 rings (SSSR count). The molecular weight excluding hydrogens is 749 g/mol. The van der Waals surface area contributed by atoms with Crippen molar-refractivity contribution in [2.45, 2.75) is 117 Å². The predicted octanol–water partition coefficient (Wildman–Crippen LogP) is 8.30. The molecule has 2 aliphatic rings. The zero-order chi connectivity index (χ0) is 40.1. The second kappa shape index (κ2) is 15.0. The number of aliphatic hydroxyl groups is 2. The lowest BCUT2D eigenvalue weighted by atomic mass is 9.63. The number of rotatable bonds is 2. The van der Waals surface area contributed by atoms with Gasteiger partial charge in [0.05, 0.1) is 33.6 Å². The molecule has 2 saturated heterocycles. The molecule has 14 heteroatoms. The molecule has 54 heavy (non-hydrogen) atoms. The summed E-state index contributed by atoms with van der Waals surface area (Å²) >= 11 is 3.43. The Bertz CT molecular complexity index is 2190. The van der Waals surface area contributed by atoms with Gasteiger partial charge in [0.1, 0.15) is 29.9 Å². The van der Waals surface area contributed by atoms with Gasteiger partial charge in [-0.1, -0.05) is 22.0 Å². The number of furan rings is 2. The summed E-state index contributed by atoms with van der Waals surface area (Å²) in [6, 6.07) is 19.5. The van der Waals surface area contributed by atoms with Gasteiger partial charge in [-0.15, -0.1) is 0 Å². The fourth-order valence-corrected chi connectivity index (χ4v) is 5.56. The lowest BCUT2D eigenvalue weighted by Gasteiger charge is -2.32. The second-order valence-electron chi connectivity index (χ2n) is 16.6. The molecule has 0 spiro atoms. The summed E-state index contributed by atoms with van der Waals surface area (Å²) in [5.74, 6) is 0. The molecule has 0 unspecified atom stereocenters. The molecule has 2 aromatic carbocycles. The maximum Gasteiger partial charge on any atom is 0.494 e. The van der Waals surface area contributed by atoms with Crippen LogP contribution in [0.2, 0.25) is 0 Å². The van der Waals surface area contributed by atoms with Crippen molar-refractivity contribution in [1.82, 2.24) is 9.97 Å². The molecule has 6 aromatic rings. The lowest BCUT2D eigenvalue weighted by Crippen LogP contribution is -2.44. The van der Waals surface area contributed by atoms with E-state index < -0.39 is 18.2 Å². The number of pyridine rings is 2. The number of aromatic nitrogens is 2. The van der Waals surface area contributed by atoms with Gasteiger partial charge in [-0.2, -0.15) is 0 Å². The maximum absolute atomic E-state index is 9.10. The van der Waals surface area contributed by atoms with Crippen molar-refractivity contribution < 1.29 is 37.7 Å². The average Bonchev–Trinajstić information content (AvgIpc) is 3.72. The zero-order valence-corrected chi connectivity index (χ0v) is 34.9. The van der Waals surface area contributed by atoms with Crippen molar-refractivity contribution in [3.05, 3.63) is 77.5 Å². The van der Waals surface area contributed by atoms with E-state index in [0.29, 0.717) is 0 Å². The van der Waals surface area contributed by atoms with Crippen molar-refractivity contribution >= 4 is 87.4 Å².